The summed E-state index contributed by atoms with van der Waals surface area (Å²) in [7, 11) is -4.51. The average Bonchev–Trinajstić information content (AvgIpc) is 2.51. The van der Waals surface area contributed by atoms with Gasteiger partial charge in [0, 0.05) is 20.8 Å². The summed E-state index contributed by atoms with van der Waals surface area (Å²) >= 11 is 17.4. The van der Waals surface area contributed by atoms with Crippen molar-refractivity contribution in [3.63, 3.8) is 0 Å². The molecule has 3 rings (SSSR count). The van der Waals surface area contributed by atoms with E-state index >= 15 is 0 Å². The lowest BCUT2D eigenvalue weighted by Crippen LogP contribution is -2.16. The lowest BCUT2D eigenvalue weighted by Gasteiger charge is -2.19. The largest absolute Gasteiger partial charge is 0.243 e. The van der Waals surface area contributed by atoms with Crippen LogP contribution in [0, 0.1) is 11.6 Å². The molecular weight excluding hydrogens is 435 g/mol. The van der Waals surface area contributed by atoms with E-state index in [2.05, 4.69) is 0 Å². The number of hydrogen-bond donors (Lipinski definition) is 1. The molecule has 2 aromatic carbocycles. The Balaban J connectivity index is 1.98. The third-order valence-electron chi connectivity index (χ3n) is 3.93. The number of rotatable bonds is 3. The summed E-state index contributed by atoms with van der Waals surface area (Å²) in [5.41, 5.74) is 1.35. The molecule has 0 radical (unpaired) electrons. The normalized spacial score (nSPS) is 17.1. The zero-order valence-electron chi connectivity index (χ0n) is 13.4. The average molecular weight is 446 g/mol. The summed E-state index contributed by atoms with van der Waals surface area (Å²) in [4.78, 5) is -0.678. The minimum atomic E-state index is -4.51. The van der Waals surface area contributed by atoms with Crippen molar-refractivity contribution >= 4 is 55.9 Å². The van der Waals surface area contributed by atoms with Gasteiger partial charge in [0.05, 0.1) is 0 Å². The van der Waals surface area contributed by atoms with Crippen LogP contribution in [0.2, 0.25) is 10.0 Å². The zero-order valence-corrected chi connectivity index (χ0v) is 16.6. The van der Waals surface area contributed by atoms with Gasteiger partial charge in [0.1, 0.15) is 11.6 Å². The molecule has 0 aromatic heterocycles. The number of benzene rings is 2. The van der Waals surface area contributed by atoms with Crippen molar-refractivity contribution in [1.29, 1.82) is 0 Å². The van der Waals surface area contributed by atoms with Crippen LogP contribution in [0.5, 0.6) is 0 Å². The molecule has 3 nitrogen and oxygen atoms in total. The Morgan fingerprint density at radius 3 is 2.04 bits per heavy atom. The van der Waals surface area contributed by atoms with Crippen molar-refractivity contribution < 1.29 is 17.2 Å². The van der Waals surface area contributed by atoms with Crippen LogP contribution < -0.4 is 5.14 Å². The molecule has 0 bridgehead atoms. The predicted octanol–water partition coefficient (Wildman–Crippen LogP) is 5.03. The van der Waals surface area contributed by atoms with Gasteiger partial charge in [0.15, 0.2) is 4.90 Å². The van der Waals surface area contributed by atoms with Crippen molar-refractivity contribution in [3.8, 4) is 0 Å². The Labute approximate surface area is 170 Å². The second-order valence-corrected chi connectivity index (χ2v) is 8.70. The summed E-state index contributed by atoms with van der Waals surface area (Å²) in [6, 6.07) is 6.86. The molecule has 0 spiro atoms. The fraction of sp³-hybridized carbons (Fsp3) is 0.0556. The molecule has 0 saturated heterocycles. The van der Waals surface area contributed by atoms with Gasteiger partial charge in [-0.2, -0.15) is 0 Å². The highest BCUT2D eigenvalue weighted by molar-refractivity contribution is 7.89. The molecule has 1 aliphatic rings. The molecule has 9 heteroatoms. The van der Waals surface area contributed by atoms with E-state index in [1.54, 1.807) is 36.4 Å². The van der Waals surface area contributed by atoms with E-state index < -0.39 is 26.6 Å². The van der Waals surface area contributed by atoms with Crippen LogP contribution in [0.3, 0.4) is 0 Å². The Morgan fingerprint density at radius 1 is 1.00 bits per heavy atom. The summed E-state index contributed by atoms with van der Waals surface area (Å²) in [6.45, 7) is 0. The molecule has 0 fully saturated rings. The molecule has 1 atom stereocenters. The van der Waals surface area contributed by atoms with Gasteiger partial charge in [-0.25, -0.2) is 22.3 Å². The van der Waals surface area contributed by atoms with E-state index in [-0.39, 0.29) is 11.5 Å². The molecule has 1 aliphatic carbocycles. The summed E-state index contributed by atoms with van der Waals surface area (Å²) in [5, 5.41) is 5.77. The van der Waals surface area contributed by atoms with E-state index in [1.165, 1.54) is 0 Å². The third kappa shape index (κ3) is 4.28. The molecular formula is C18H11Cl2F2NO2S2. The number of halogens is 4. The van der Waals surface area contributed by atoms with Crippen LogP contribution in [0.4, 0.5) is 8.78 Å². The highest BCUT2D eigenvalue weighted by atomic mass is 35.5. The molecule has 1 unspecified atom stereocenters. The van der Waals surface area contributed by atoms with Crippen LogP contribution >= 0.6 is 35.4 Å². The van der Waals surface area contributed by atoms with E-state index in [1.807, 2.05) is 0 Å². The van der Waals surface area contributed by atoms with E-state index in [0.717, 1.165) is 17.7 Å². The van der Waals surface area contributed by atoms with E-state index in [9.17, 15) is 17.2 Å². The fourth-order valence-electron chi connectivity index (χ4n) is 2.79. The van der Waals surface area contributed by atoms with Gasteiger partial charge >= 0.3 is 0 Å². The van der Waals surface area contributed by atoms with Crippen LogP contribution in [0.1, 0.15) is 17.0 Å². The molecule has 0 saturated carbocycles. The summed E-state index contributed by atoms with van der Waals surface area (Å²) in [6.07, 6.45) is 4.98. The van der Waals surface area contributed by atoms with Crippen LogP contribution in [0.15, 0.2) is 53.5 Å². The summed E-state index contributed by atoms with van der Waals surface area (Å²) < 4.78 is 50.7. The van der Waals surface area contributed by atoms with Crippen molar-refractivity contribution in [1.82, 2.24) is 0 Å². The molecule has 140 valence electrons. The van der Waals surface area contributed by atoms with Gasteiger partial charge in [-0.3, -0.25) is 0 Å². The standard InChI is InChI=1S/C18H11Cl2F2NO2S2/c19-12-3-11(4-13(20)8-12)14-2-1-9(7-17(14)26)10-5-15(21)18(16(22)6-10)27(23,24)25/h1-8,14H,(H2,23,24,25). The Kier molecular flexibility index (Phi) is 5.52. The Bertz CT molecular complexity index is 1080. The van der Waals surface area contributed by atoms with Crippen molar-refractivity contribution in [2.24, 2.45) is 5.14 Å². The Hall–Kier alpha value is -1.64. The first kappa shape index (κ1) is 20.1. The smallest absolute Gasteiger partial charge is 0.224 e. The number of hydrogen-bond acceptors (Lipinski definition) is 3. The number of sulfonamides is 1. The van der Waals surface area contributed by atoms with Crippen molar-refractivity contribution in [2.75, 3.05) is 0 Å². The molecule has 27 heavy (non-hydrogen) atoms. The SMILES string of the molecule is NS(=O)(=O)c1c(F)cc(C2=CC(=S)C(c3cc(Cl)cc(Cl)c3)C=C2)cc1F. The zero-order chi connectivity index (χ0) is 19.9. The van der Waals surface area contributed by atoms with E-state index in [0.29, 0.717) is 20.5 Å². The first-order valence-electron chi connectivity index (χ1n) is 7.48. The number of thiocarbonyl (C=S) groups is 1. The van der Waals surface area contributed by atoms with Gasteiger partial charge in [0.2, 0.25) is 10.0 Å². The maximum absolute atomic E-state index is 14.1. The quantitative estimate of drug-likeness (QED) is 0.674. The van der Waals surface area contributed by atoms with Crippen LogP contribution in [0.25, 0.3) is 5.57 Å². The number of nitrogens with two attached hydrogens (primary N) is 1. The minimum absolute atomic E-state index is 0.138. The first-order chi connectivity index (χ1) is 12.6. The summed E-state index contributed by atoms with van der Waals surface area (Å²) in [5.74, 6) is -2.81. The third-order valence-corrected chi connectivity index (χ3v) is 5.70. The molecule has 2 N–H and O–H groups in total. The molecule has 2 aromatic rings. The minimum Gasteiger partial charge on any atom is -0.224 e. The second-order valence-electron chi connectivity index (χ2n) is 5.86. The highest BCUT2D eigenvalue weighted by Crippen LogP contribution is 2.33. The van der Waals surface area contributed by atoms with E-state index in [4.69, 9.17) is 40.6 Å². The first-order valence-corrected chi connectivity index (χ1v) is 10.2. The lowest BCUT2D eigenvalue weighted by molar-refractivity contribution is 0.519. The van der Waals surface area contributed by atoms with Crippen molar-refractivity contribution in [3.05, 3.63) is 81.4 Å². The monoisotopic (exact) mass is 445 g/mol. The predicted molar refractivity (Wildman–Crippen MR) is 107 cm³/mol. The molecule has 0 heterocycles. The maximum atomic E-state index is 14.1. The topological polar surface area (TPSA) is 60.2 Å². The number of allylic oxidation sites excluding steroid dienone is 4. The number of primary sulfonamides is 1. The maximum Gasteiger partial charge on any atom is 0.243 e. The molecule has 0 aliphatic heterocycles. The fourth-order valence-corrected chi connectivity index (χ4v) is 4.34. The van der Waals surface area contributed by atoms with Gasteiger partial charge in [-0.15, -0.1) is 0 Å². The van der Waals surface area contributed by atoms with Crippen LogP contribution in [-0.2, 0) is 10.0 Å². The van der Waals surface area contributed by atoms with Gasteiger partial charge in [-0.05, 0) is 53.1 Å². The van der Waals surface area contributed by atoms with Crippen LogP contribution in [-0.4, -0.2) is 13.3 Å². The van der Waals surface area contributed by atoms with Gasteiger partial charge in [-0.1, -0.05) is 47.6 Å². The van der Waals surface area contributed by atoms with Crippen molar-refractivity contribution in [2.45, 2.75) is 10.8 Å². The van der Waals surface area contributed by atoms with Gasteiger partial charge in [0.25, 0.3) is 0 Å². The highest BCUT2D eigenvalue weighted by Gasteiger charge is 2.23. The molecule has 0 amide bonds. The van der Waals surface area contributed by atoms with Gasteiger partial charge < -0.3 is 0 Å². The second kappa shape index (κ2) is 7.41. The Morgan fingerprint density at radius 2 is 1.56 bits per heavy atom. The lowest BCUT2D eigenvalue weighted by atomic mass is 9.88.